The molecule has 45 heavy (non-hydrogen) atoms. The molecule has 2 N–H and O–H groups in total. The molecule has 3 nitrogen and oxygen atoms in total. The second-order valence-corrected chi connectivity index (χ2v) is 14.6. The first-order valence-corrected chi connectivity index (χ1v) is 17.4. The number of aryl methyl sites for hydroxylation is 1. The summed E-state index contributed by atoms with van der Waals surface area (Å²) in [6, 6.07) is 17.7. The molecular weight excluding hydrogens is 548 g/mol. The fourth-order valence-corrected chi connectivity index (χ4v) is 7.68. The number of hydrogen-bond donors (Lipinski definition) is 2. The Hall–Kier alpha value is -3.20. The van der Waals surface area contributed by atoms with Crippen molar-refractivity contribution in [3.63, 3.8) is 0 Å². The van der Waals surface area contributed by atoms with Crippen LogP contribution in [0.15, 0.2) is 97.4 Å². The molecule has 3 heteroatoms. The van der Waals surface area contributed by atoms with Crippen molar-refractivity contribution in [1.29, 1.82) is 0 Å². The molecule has 4 rings (SSSR count). The third-order valence-electron chi connectivity index (χ3n) is 10.5. The lowest BCUT2D eigenvalue weighted by Crippen LogP contribution is -2.37. The normalized spacial score (nSPS) is 26.2. The van der Waals surface area contributed by atoms with Crippen LogP contribution in [0.1, 0.15) is 94.7 Å². The SMILES string of the molecule is C=C1CCNC(=C)[C@@H](Cc2ccc(OC)c(C)c2)NC(=C)CCC[C@@H](C(C)C2CC2c2ccccc2)CC(=C)C(CC(C)C)C1. The van der Waals surface area contributed by atoms with Gasteiger partial charge in [-0.05, 0) is 123 Å². The van der Waals surface area contributed by atoms with Crippen molar-refractivity contribution in [1.82, 2.24) is 10.6 Å². The Kier molecular flexibility index (Phi) is 12.6. The Morgan fingerprint density at radius 3 is 2.40 bits per heavy atom. The molecule has 0 bridgehead atoms. The van der Waals surface area contributed by atoms with E-state index in [0.717, 1.165) is 73.7 Å². The first-order valence-electron chi connectivity index (χ1n) is 17.4. The van der Waals surface area contributed by atoms with Crippen LogP contribution in [-0.4, -0.2) is 19.7 Å². The van der Waals surface area contributed by atoms with E-state index in [1.807, 2.05) is 0 Å². The molecule has 1 aliphatic carbocycles. The molecule has 2 aromatic carbocycles. The second-order valence-electron chi connectivity index (χ2n) is 14.6. The molecule has 1 saturated carbocycles. The van der Waals surface area contributed by atoms with Gasteiger partial charge in [-0.3, -0.25) is 0 Å². The number of methoxy groups -OCH3 is 1. The molecular formula is C42H60N2O. The molecule has 2 aliphatic rings. The van der Waals surface area contributed by atoms with Gasteiger partial charge in [-0.15, -0.1) is 0 Å². The first-order chi connectivity index (χ1) is 21.5. The van der Waals surface area contributed by atoms with E-state index in [2.05, 4.69) is 107 Å². The Bertz CT molecular complexity index is 1310. The highest BCUT2D eigenvalue weighted by atomic mass is 16.5. The van der Waals surface area contributed by atoms with Gasteiger partial charge in [0.2, 0.25) is 0 Å². The topological polar surface area (TPSA) is 33.3 Å². The van der Waals surface area contributed by atoms with Gasteiger partial charge in [0.15, 0.2) is 0 Å². The fourth-order valence-electron chi connectivity index (χ4n) is 7.68. The van der Waals surface area contributed by atoms with E-state index in [4.69, 9.17) is 11.3 Å². The number of allylic oxidation sites excluding steroid dienone is 2. The lowest BCUT2D eigenvalue weighted by Gasteiger charge is -2.31. The van der Waals surface area contributed by atoms with Crippen molar-refractivity contribution in [3.05, 3.63) is 114 Å². The highest BCUT2D eigenvalue weighted by molar-refractivity contribution is 5.37. The van der Waals surface area contributed by atoms with E-state index >= 15 is 0 Å². The maximum atomic E-state index is 5.51. The number of rotatable bonds is 8. The van der Waals surface area contributed by atoms with Gasteiger partial charge in [0.05, 0.1) is 13.2 Å². The highest BCUT2D eigenvalue weighted by Gasteiger charge is 2.44. The van der Waals surface area contributed by atoms with Crippen molar-refractivity contribution >= 4 is 0 Å². The first kappa shape index (κ1) is 34.7. The second kappa shape index (κ2) is 16.4. The summed E-state index contributed by atoms with van der Waals surface area (Å²) >= 11 is 0. The van der Waals surface area contributed by atoms with Gasteiger partial charge in [0.1, 0.15) is 5.75 Å². The van der Waals surface area contributed by atoms with E-state index in [9.17, 15) is 0 Å². The van der Waals surface area contributed by atoms with Gasteiger partial charge >= 0.3 is 0 Å². The van der Waals surface area contributed by atoms with Crippen LogP contribution in [0, 0.1) is 36.5 Å². The minimum Gasteiger partial charge on any atom is -0.496 e. The van der Waals surface area contributed by atoms with Crippen LogP contribution in [0.4, 0.5) is 0 Å². The summed E-state index contributed by atoms with van der Waals surface area (Å²) in [5, 5.41) is 7.42. The summed E-state index contributed by atoms with van der Waals surface area (Å²) in [5.74, 6) is 4.84. The number of nitrogens with one attached hydrogen (secondary N) is 2. The van der Waals surface area contributed by atoms with Crippen molar-refractivity contribution in [2.45, 2.75) is 97.4 Å². The fraction of sp³-hybridized carbons (Fsp3) is 0.524. The molecule has 2 aromatic rings. The van der Waals surface area contributed by atoms with Gasteiger partial charge in [-0.25, -0.2) is 0 Å². The van der Waals surface area contributed by atoms with E-state index in [1.165, 1.54) is 41.5 Å². The molecule has 4 unspecified atom stereocenters. The standard InChI is InChI=1S/C42H60N2O/c1-28(2)22-38-23-29(3)20-21-43-34(8)41(26-35-18-19-42(45-9)31(5)24-35)44-32(6)14-13-17-37(25-30(38)4)33(7)39-27-40(39)36-15-11-10-12-16-36/h10-12,15-16,18-19,24,28,33,37-41,43-44H,3-4,6,8,13-14,17,20-23,25-27H2,1-2,5,7,9H3/t33?,37-,38?,39?,40?,41-/m1/s1. The Balaban J connectivity index is 1.51. The summed E-state index contributed by atoms with van der Waals surface area (Å²) in [7, 11) is 1.73. The zero-order valence-electron chi connectivity index (χ0n) is 29.0. The highest BCUT2D eigenvalue weighted by Crippen LogP contribution is 2.55. The summed E-state index contributed by atoms with van der Waals surface area (Å²) in [4.78, 5) is 0. The molecule has 1 heterocycles. The van der Waals surface area contributed by atoms with Crippen LogP contribution in [0.5, 0.6) is 5.75 Å². The molecule has 1 aliphatic heterocycles. The molecule has 1 saturated heterocycles. The van der Waals surface area contributed by atoms with Gasteiger partial charge < -0.3 is 15.4 Å². The average Bonchev–Trinajstić information content (AvgIpc) is 3.80. The maximum Gasteiger partial charge on any atom is 0.121 e. The minimum atomic E-state index is 0.0627. The Morgan fingerprint density at radius 2 is 1.71 bits per heavy atom. The molecule has 6 atom stereocenters. The third-order valence-corrected chi connectivity index (χ3v) is 10.5. The monoisotopic (exact) mass is 608 g/mol. The van der Waals surface area contributed by atoms with E-state index in [1.54, 1.807) is 7.11 Å². The van der Waals surface area contributed by atoms with Crippen molar-refractivity contribution < 1.29 is 4.74 Å². The van der Waals surface area contributed by atoms with E-state index in [0.29, 0.717) is 29.6 Å². The molecule has 2 fully saturated rings. The lowest BCUT2D eigenvalue weighted by atomic mass is 9.76. The summed E-state index contributed by atoms with van der Waals surface area (Å²) in [6.07, 6.45) is 9.74. The number of benzene rings is 2. The van der Waals surface area contributed by atoms with Crippen molar-refractivity contribution in [2.75, 3.05) is 13.7 Å². The van der Waals surface area contributed by atoms with Crippen LogP contribution in [-0.2, 0) is 6.42 Å². The van der Waals surface area contributed by atoms with Crippen molar-refractivity contribution in [2.24, 2.45) is 29.6 Å². The molecule has 0 amide bonds. The van der Waals surface area contributed by atoms with Gasteiger partial charge in [-0.2, -0.15) is 0 Å². The van der Waals surface area contributed by atoms with Crippen LogP contribution in [0.2, 0.25) is 0 Å². The molecule has 0 spiro atoms. The predicted molar refractivity (Wildman–Crippen MR) is 194 cm³/mol. The largest absolute Gasteiger partial charge is 0.496 e. The van der Waals surface area contributed by atoms with E-state index in [-0.39, 0.29) is 6.04 Å². The van der Waals surface area contributed by atoms with Crippen LogP contribution < -0.4 is 15.4 Å². The molecule has 244 valence electrons. The zero-order chi connectivity index (χ0) is 32.5. The Labute approximate surface area is 275 Å². The van der Waals surface area contributed by atoms with E-state index < -0.39 is 0 Å². The summed E-state index contributed by atoms with van der Waals surface area (Å²) in [6.45, 7) is 28.5. The quantitative estimate of drug-likeness (QED) is 0.293. The average molecular weight is 609 g/mol. The maximum absolute atomic E-state index is 5.51. The predicted octanol–water partition coefficient (Wildman–Crippen LogP) is 10.3. The third kappa shape index (κ3) is 10.1. The summed E-state index contributed by atoms with van der Waals surface area (Å²) < 4.78 is 5.51. The van der Waals surface area contributed by atoms with Gasteiger partial charge in [0.25, 0.3) is 0 Å². The van der Waals surface area contributed by atoms with Crippen LogP contribution >= 0.6 is 0 Å². The lowest BCUT2D eigenvalue weighted by molar-refractivity contribution is 0.278. The zero-order valence-corrected chi connectivity index (χ0v) is 29.0. The van der Waals surface area contributed by atoms with Crippen LogP contribution in [0.3, 0.4) is 0 Å². The minimum absolute atomic E-state index is 0.0627. The number of hydrogen-bond acceptors (Lipinski definition) is 3. The molecule has 0 aromatic heterocycles. The Morgan fingerprint density at radius 1 is 0.956 bits per heavy atom. The molecule has 0 radical (unpaired) electrons. The summed E-state index contributed by atoms with van der Waals surface area (Å²) in [5.41, 5.74) is 8.79. The van der Waals surface area contributed by atoms with Gasteiger partial charge in [-0.1, -0.05) is 101 Å². The number of ether oxygens (including phenoxy) is 1. The smallest absolute Gasteiger partial charge is 0.121 e. The van der Waals surface area contributed by atoms with Gasteiger partial charge in [0, 0.05) is 17.9 Å². The van der Waals surface area contributed by atoms with Crippen molar-refractivity contribution in [3.8, 4) is 5.75 Å². The van der Waals surface area contributed by atoms with Crippen LogP contribution in [0.25, 0.3) is 0 Å².